The summed E-state index contributed by atoms with van der Waals surface area (Å²) in [5.41, 5.74) is 5.16. The summed E-state index contributed by atoms with van der Waals surface area (Å²) in [5.74, 6) is 0. The predicted octanol–water partition coefficient (Wildman–Crippen LogP) is 2.85. The van der Waals surface area contributed by atoms with Crippen LogP contribution in [0.2, 0.25) is 0 Å². The zero-order chi connectivity index (χ0) is 19.6. The molecule has 0 aliphatic carbocycles. The van der Waals surface area contributed by atoms with Gasteiger partial charge >= 0.3 is 5.69 Å². The van der Waals surface area contributed by atoms with E-state index >= 15 is 0 Å². The molecule has 0 radical (unpaired) electrons. The number of aromatic nitrogens is 3. The van der Waals surface area contributed by atoms with Crippen molar-refractivity contribution in [1.82, 2.24) is 13.7 Å². The molecule has 0 saturated heterocycles. The number of hydrogen-bond acceptors (Lipinski definition) is 3. The van der Waals surface area contributed by atoms with E-state index in [0.29, 0.717) is 10.9 Å². The normalized spacial score (nSPS) is 15.2. The average Bonchev–Trinajstić information content (AvgIpc) is 3.11. The van der Waals surface area contributed by atoms with Gasteiger partial charge in [-0.15, -0.1) is 0 Å². The molecule has 140 valence electrons. The van der Waals surface area contributed by atoms with Crippen LogP contribution in [0.5, 0.6) is 0 Å². The maximum Gasteiger partial charge on any atom is 0.331 e. The lowest BCUT2D eigenvalue weighted by molar-refractivity contribution is 0.708. The summed E-state index contributed by atoms with van der Waals surface area (Å²) < 4.78 is 4.78. The fraction of sp³-hybridized carbons (Fsp3) is 0.182. The van der Waals surface area contributed by atoms with Gasteiger partial charge in [0.05, 0.1) is 34.0 Å². The number of benzene rings is 2. The minimum absolute atomic E-state index is 0.176. The van der Waals surface area contributed by atoms with Crippen LogP contribution >= 0.6 is 0 Å². The van der Waals surface area contributed by atoms with Gasteiger partial charge < -0.3 is 9.88 Å². The number of nitrogens with one attached hydrogen (secondary N) is 1. The molecular weight excluding hydrogens is 352 g/mol. The molecule has 6 nitrogen and oxygen atoms in total. The van der Waals surface area contributed by atoms with Gasteiger partial charge in [-0.25, -0.2) is 4.79 Å². The lowest BCUT2D eigenvalue weighted by atomic mass is 9.98. The first kappa shape index (κ1) is 16.6. The third kappa shape index (κ3) is 2.14. The van der Waals surface area contributed by atoms with Crippen LogP contribution in [0.15, 0.2) is 64.3 Å². The van der Waals surface area contributed by atoms with Gasteiger partial charge in [-0.1, -0.05) is 42.0 Å². The molecule has 6 heteroatoms. The molecule has 0 spiro atoms. The first-order chi connectivity index (χ1) is 13.5. The topological polar surface area (TPSA) is 61.0 Å². The Labute approximate surface area is 161 Å². The molecule has 0 bridgehead atoms. The summed E-state index contributed by atoms with van der Waals surface area (Å²) in [5, 5.41) is 4.15. The summed E-state index contributed by atoms with van der Waals surface area (Å²) in [6, 6.07) is 16.1. The van der Waals surface area contributed by atoms with E-state index in [-0.39, 0.29) is 17.3 Å². The first-order valence-electron chi connectivity index (χ1n) is 9.21. The molecule has 3 heterocycles. The molecule has 2 aromatic heterocycles. The zero-order valence-electron chi connectivity index (χ0n) is 15.9. The highest BCUT2D eigenvalue weighted by Crippen LogP contribution is 2.40. The SMILES string of the molecule is Cc1cccc(C2Nc3ccccc3-n3cc4c(=O)n(C)c(=O)n(C)c4c32)c1. The fourth-order valence-electron chi connectivity index (χ4n) is 4.20. The number of para-hydroxylation sites is 2. The highest BCUT2D eigenvalue weighted by molar-refractivity contribution is 5.86. The Morgan fingerprint density at radius 2 is 1.75 bits per heavy atom. The van der Waals surface area contributed by atoms with Crippen LogP contribution in [0.4, 0.5) is 5.69 Å². The average molecular weight is 372 g/mol. The summed E-state index contributed by atoms with van der Waals surface area (Å²) in [4.78, 5) is 25.5. The van der Waals surface area contributed by atoms with Crippen molar-refractivity contribution in [3.05, 3.63) is 92.4 Å². The number of nitrogens with zero attached hydrogens (tertiary/aromatic N) is 3. The van der Waals surface area contributed by atoms with Crippen molar-refractivity contribution >= 4 is 16.6 Å². The Morgan fingerprint density at radius 3 is 2.54 bits per heavy atom. The summed E-state index contributed by atoms with van der Waals surface area (Å²) in [7, 11) is 3.24. The van der Waals surface area contributed by atoms with E-state index in [0.717, 1.165) is 32.8 Å². The van der Waals surface area contributed by atoms with E-state index in [9.17, 15) is 9.59 Å². The van der Waals surface area contributed by atoms with Crippen LogP contribution in [-0.2, 0) is 14.1 Å². The Morgan fingerprint density at radius 1 is 0.964 bits per heavy atom. The van der Waals surface area contributed by atoms with Crippen LogP contribution < -0.4 is 16.6 Å². The van der Waals surface area contributed by atoms with Crippen molar-refractivity contribution in [3.63, 3.8) is 0 Å². The minimum atomic E-state index is -0.326. The van der Waals surface area contributed by atoms with Gasteiger partial charge in [0.25, 0.3) is 5.56 Å². The molecule has 1 aliphatic rings. The molecule has 28 heavy (non-hydrogen) atoms. The molecule has 2 aromatic carbocycles. The number of aryl methyl sites for hydroxylation is 2. The Kier molecular flexibility index (Phi) is 3.40. The van der Waals surface area contributed by atoms with Crippen LogP contribution in [0.3, 0.4) is 0 Å². The van der Waals surface area contributed by atoms with E-state index in [1.807, 2.05) is 41.1 Å². The van der Waals surface area contributed by atoms with Crippen LogP contribution in [0.25, 0.3) is 16.6 Å². The Balaban J connectivity index is 1.95. The molecule has 4 aromatic rings. The molecule has 0 fully saturated rings. The zero-order valence-corrected chi connectivity index (χ0v) is 15.9. The second-order valence-corrected chi connectivity index (χ2v) is 7.36. The smallest absolute Gasteiger partial charge is 0.331 e. The predicted molar refractivity (Wildman–Crippen MR) is 110 cm³/mol. The maximum atomic E-state index is 12.8. The van der Waals surface area contributed by atoms with E-state index in [1.165, 1.54) is 7.05 Å². The quantitative estimate of drug-likeness (QED) is 0.559. The second kappa shape index (κ2) is 5.73. The molecule has 1 unspecified atom stereocenters. The largest absolute Gasteiger partial charge is 0.371 e. The molecule has 0 amide bonds. The molecule has 0 saturated carbocycles. The number of fused-ring (bicyclic) bond motifs is 5. The van der Waals surface area contributed by atoms with Gasteiger partial charge in [-0.2, -0.15) is 0 Å². The van der Waals surface area contributed by atoms with Crippen LogP contribution in [0, 0.1) is 6.92 Å². The lowest BCUT2D eigenvalue weighted by Crippen LogP contribution is -2.37. The summed E-state index contributed by atoms with van der Waals surface area (Å²) >= 11 is 0. The van der Waals surface area contributed by atoms with Crippen molar-refractivity contribution < 1.29 is 0 Å². The van der Waals surface area contributed by atoms with Crippen molar-refractivity contribution in [3.8, 4) is 5.69 Å². The van der Waals surface area contributed by atoms with Crippen molar-refractivity contribution in [2.45, 2.75) is 13.0 Å². The molecule has 1 atom stereocenters. The summed E-state index contributed by atoms with van der Waals surface area (Å²) in [6.07, 6.45) is 1.86. The Bertz CT molecular complexity index is 1370. The van der Waals surface area contributed by atoms with Gasteiger partial charge in [0.15, 0.2) is 0 Å². The van der Waals surface area contributed by atoms with Crippen molar-refractivity contribution in [2.75, 3.05) is 5.32 Å². The standard InChI is InChI=1S/C22H20N4O2/c1-13-7-6-8-14(11-13)18-20-19-15(21(27)25(3)22(28)24(19)2)12-26(20)17-10-5-4-9-16(17)23-18/h4-12,18,23H,1-3H3. The van der Waals surface area contributed by atoms with Crippen LogP contribution in [-0.4, -0.2) is 13.7 Å². The van der Waals surface area contributed by atoms with E-state index in [4.69, 9.17) is 0 Å². The van der Waals surface area contributed by atoms with Gasteiger partial charge in [-0.05, 0) is 24.6 Å². The molecular formula is C22H20N4O2. The minimum Gasteiger partial charge on any atom is -0.371 e. The van der Waals surface area contributed by atoms with Crippen molar-refractivity contribution in [2.24, 2.45) is 14.1 Å². The third-order valence-electron chi connectivity index (χ3n) is 5.57. The Hall–Kier alpha value is -3.54. The van der Waals surface area contributed by atoms with Gasteiger partial charge in [-0.3, -0.25) is 13.9 Å². The lowest BCUT2D eigenvalue weighted by Gasteiger charge is -2.30. The van der Waals surface area contributed by atoms with Gasteiger partial charge in [0.1, 0.15) is 0 Å². The van der Waals surface area contributed by atoms with Crippen LogP contribution in [0.1, 0.15) is 22.9 Å². The first-order valence-corrected chi connectivity index (χ1v) is 9.21. The highest BCUT2D eigenvalue weighted by Gasteiger charge is 2.30. The molecule has 5 rings (SSSR count). The number of hydrogen-bond donors (Lipinski definition) is 1. The van der Waals surface area contributed by atoms with Crippen molar-refractivity contribution in [1.29, 1.82) is 0 Å². The summed E-state index contributed by atoms with van der Waals surface area (Å²) in [6.45, 7) is 2.06. The van der Waals surface area contributed by atoms with E-state index < -0.39 is 0 Å². The maximum absolute atomic E-state index is 12.8. The van der Waals surface area contributed by atoms with Gasteiger partial charge in [0, 0.05) is 20.3 Å². The fourth-order valence-corrected chi connectivity index (χ4v) is 4.20. The molecule has 1 aliphatic heterocycles. The highest BCUT2D eigenvalue weighted by atomic mass is 16.2. The second-order valence-electron chi connectivity index (χ2n) is 7.36. The monoisotopic (exact) mass is 372 g/mol. The number of anilines is 1. The molecule has 1 N–H and O–H groups in total. The van der Waals surface area contributed by atoms with E-state index in [2.05, 4.69) is 30.4 Å². The van der Waals surface area contributed by atoms with E-state index in [1.54, 1.807) is 11.6 Å². The third-order valence-corrected chi connectivity index (χ3v) is 5.57. The number of rotatable bonds is 1. The van der Waals surface area contributed by atoms with Gasteiger partial charge in [0.2, 0.25) is 0 Å².